The van der Waals surface area contributed by atoms with Gasteiger partial charge in [-0.15, -0.1) is 0 Å². The highest BCUT2D eigenvalue weighted by Gasteiger charge is 2.33. The summed E-state index contributed by atoms with van der Waals surface area (Å²) >= 11 is 0. The van der Waals surface area contributed by atoms with Crippen molar-refractivity contribution in [1.29, 1.82) is 0 Å². The lowest BCUT2D eigenvalue weighted by Crippen LogP contribution is -2.54. The van der Waals surface area contributed by atoms with Crippen molar-refractivity contribution >= 4 is 5.91 Å². The highest BCUT2D eigenvalue weighted by molar-refractivity contribution is 5.81. The summed E-state index contributed by atoms with van der Waals surface area (Å²) in [7, 11) is 1.90. The molecule has 0 aromatic rings. The van der Waals surface area contributed by atoms with Crippen LogP contribution >= 0.6 is 0 Å². The van der Waals surface area contributed by atoms with Crippen LogP contribution in [0.5, 0.6) is 0 Å². The Morgan fingerprint density at radius 1 is 1.44 bits per heavy atom. The van der Waals surface area contributed by atoms with Gasteiger partial charge in [-0.1, -0.05) is 0 Å². The summed E-state index contributed by atoms with van der Waals surface area (Å²) in [5, 5.41) is 9.29. The zero-order valence-electron chi connectivity index (χ0n) is 10.9. The van der Waals surface area contributed by atoms with E-state index in [1.54, 1.807) is 0 Å². The number of aliphatic hydroxyl groups excluding tert-OH is 1. The third-order valence-corrected chi connectivity index (χ3v) is 3.70. The molecule has 1 aliphatic rings. The van der Waals surface area contributed by atoms with Gasteiger partial charge < -0.3 is 10.0 Å². The fourth-order valence-corrected chi connectivity index (χ4v) is 2.00. The molecule has 1 heterocycles. The van der Waals surface area contributed by atoms with Gasteiger partial charge >= 0.3 is 0 Å². The molecule has 1 amide bonds. The van der Waals surface area contributed by atoms with Crippen molar-refractivity contribution in [2.75, 3.05) is 26.7 Å². The van der Waals surface area contributed by atoms with Crippen LogP contribution in [0, 0.1) is 0 Å². The van der Waals surface area contributed by atoms with Gasteiger partial charge in [-0.25, -0.2) is 0 Å². The van der Waals surface area contributed by atoms with Gasteiger partial charge in [0.1, 0.15) is 0 Å². The van der Waals surface area contributed by atoms with Gasteiger partial charge in [-0.2, -0.15) is 0 Å². The Labute approximate surface area is 98.2 Å². The Morgan fingerprint density at radius 2 is 1.94 bits per heavy atom. The molecule has 0 saturated carbocycles. The number of hydrogen-bond acceptors (Lipinski definition) is 3. The van der Waals surface area contributed by atoms with Crippen molar-refractivity contribution in [3.05, 3.63) is 0 Å². The van der Waals surface area contributed by atoms with Gasteiger partial charge in [0, 0.05) is 18.6 Å². The predicted molar refractivity (Wildman–Crippen MR) is 64.2 cm³/mol. The number of rotatable bonds is 4. The topological polar surface area (TPSA) is 43.8 Å². The van der Waals surface area contributed by atoms with Gasteiger partial charge in [0.05, 0.1) is 12.6 Å². The number of nitrogens with zero attached hydrogens (tertiary/aromatic N) is 2. The summed E-state index contributed by atoms with van der Waals surface area (Å²) in [6.07, 6.45) is 2.23. The third kappa shape index (κ3) is 2.74. The van der Waals surface area contributed by atoms with E-state index in [1.165, 1.54) is 0 Å². The molecule has 4 nitrogen and oxygen atoms in total. The normalized spacial score (nSPS) is 19.2. The molecule has 1 N–H and O–H groups in total. The van der Waals surface area contributed by atoms with E-state index >= 15 is 0 Å². The van der Waals surface area contributed by atoms with Crippen LogP contribution in [0.1, 0.15) is 33.6 Å². The number of aliphatic hydroxyl groups is 1. The SMILES string of the molecule is CC(C(=O)N1CCCC1)N(C)C(C)(C)CO. The molecule has 1 unspecified atom stereocenters. The van der Waals surface area contributed by atoms with Crippen LogP contribution in [0.15, 0.2) is 0 Å². The zero-order valence-corrected chi connectivity index (χ0v) is 10.9. The molecule has 0 spiro atoms. The first-order valence-corrected chi connectivity index (χ1v) is 6.03. The van der Waals surface area contributed by atoms with Crippen molar-refractivity contribution in [1.82, 2.24) is 9.80 Å². The summed E-state index contributed by atoms with van der Waals surface area (Å²) in [5.74, 6) is 0.182. The monoisotopic (exact) mass is 228 g/mol. The Kier molecular flexibility index (Phi) is 4.33. The van der Waals surface area contributed by atoms with Crippen LogP contribution < -0.4 is 0 Å². The van der Waals surface area contributed by atoms with Crippen molar-refractivity contribution < 1.29 is 9.90 Å². The van der Waals surface area contributed by atoms with E-state index in [-0.39, 0.29) is 24.1 Å². The molecular formula is C12H24N2O2. The number of carbonyl (C=O) groups is 1. The third-order valence-electron chi connectivity index (χ3n) is 3.70. The van der Waals surface area contributed by atoms with Crippen molar-refractivity contribution in [3.63, 3.8) is 0 Å². The molecule has 0 aromatic heterocycles. The van der Waals surface area contributed by atoms with E-state index in [9.17, 15) is 9.90 Å². The van der Waals surface area contributed by atoms with Crippen molar-refractivity contribution in [2.45, 2.75) is 45.2 Å². The summed E-state index contributed by atoms with van der Waals surface area (Å²) in [4.78, 5) is 16.0. The van der Waals surface area contributed by atoms with Gasteiger partial charge in [0.15, 0.2) is 0 Å². The molecule has 4 heteroatoms. The van der Waals surface area contributed by atoms with Crippen molar-refractivity contribution in [2.24, 2.45) is 0 Å². The molecular weight excluding hydrogens is 204 g/mol. The minimum Gasteiger partial charge on any atom is -0.394 e. The number of hydrogen-bond donors (Lipinski definition) is 1. The quantitative estimate of drug-likeness (QED) is 0.770. The highest BCUT2D eigenvalue weighted by Crippen LogP contribution is 2.18. The minimum absolute atomic E-state index is 0.0567. The molecule has 0 radical (unpaired) electrons. The number of likely N-dealkylation sites (tertiary alicyclic amines) is 1. The van der Waals surface area contributed by atoms with E-state index in [0.717, 1.165) is 25.9 Å². The van der Waals surface area contributed by atoms with E-state index in [0.29, 0.717) is 0 Å². The average Bonchev–Trinajstić information content (AvgIpc) is 2.79. The Balaban J connectivity index is 2.62. The summed E-state index contributed by atoms with van der Waals surface area (Å²) < 4.78 is 0. The minimum atomic E-state index is -0.352. The van der Waals surface area contributed by atoms with E-state index < -0.39 is 0 Å². The van der Waals surface area contributed by atoms with Gasteiger partial charge in [0.2, 0.25) is 5.91 Å². The summed E-state index contributed by atoms with van der Waals surface area (Å²) in [6, 6.07) is -0.166. The van der Waals surface area contributed by atoms with Crippen molar-refractivity contribution in [3.8, 4) is 0 Å². The zero-order chi connectivity index (χ0) is 12.3. The second-order valence-electron chi connectivity index (χ2n) is 5.29. The molecule has 16 heavy (non-hydrogen) atoms. The lowest BCUT2D eigenvalue weighted by atomic mass is 10.0. The first-order chi connectivity index (χ1) is 7.40. The number of carbonyl (C=O) groups excluding carboxylic acids is 1. The Morgan fingerprint density at radius 3 is 2.38 bits per heavy atom. The molecule has 1 atom stereocenters. The second-order valence-corrected chi connectivity index (χ2v) is 5.29. The molecule has 0 bridgehead atoms. The molecule has 1 saturated heterocycles. The van der Waals surface area contributed by atoms with E-state index in [4.69, 9.17) is 0 Å². The van der Waals surface area contributed by atoms with Gasteiger partial charge in [-0.3, -0.25) is 9.69 Å². The van der Waals surface area contributed by atoms with E-state index in [1.807, 2.05) is 37.6 Å². The highest BCUT2D eigenvalue weighted by atomic mass is 16.3. The molecule has 0 aliphatic carbocycles. The fraction of sp³-hybridized carbons (Fsp3) is 0.917. The van der Waals surface area contributed by atoms with Crippen LogP contribution in [-0.4, -0.2) is 59.1 Å². The molecule has 0 aromatic carbocycles. The molecule has 1 rings (SSSR count). The first-order valence-electron chi connectivity index (χ1n) is 6.03. The second kappa shape index (κ2) is 5.15. The van der Waals surface area contributed by atoms with Crippen LogP contribution in [0.3, 0.4) is 0 Å². The summed E-state index contributed by atoms with van der Waals surface area (Å²) in [5.41, 5.74) is -0.352. The van der Waals surface area contributed by atoms with Crippen LogP contribution in [-0.2, 0) is 4.79 Å². The maximum Gasteiger partial charge on any atom is 0.239 e. The number of amides is 1. The Hall–Kier alpha value is -0.610. The average molecular weight is 228 g/mol. The van der Waals surface area contributed by atoms with E-state index in [2.05, 4.69) is 0 Å². The van der Waals surface area contributed by atoms with Crippen LogP contribution in [0.2, 0.25) is 0 Å². The van der Waals surface area contributed by atoms with Crippen LogP contribution in [0.4, 0.5) is 0 Å². The molecule has 1 aliphatic heterocycles. The largest absolute Gasteiger partial charge is 0.394 e. The predicted octanol–water partition coefficient (Wildman–Crippen LogP) is 0.700. The lowest BCUT2D eigenvalue weighted by Gasteiger charge is -2.38. The van der Waals surface area contributed by atoms with Gasteiger partial charge in [0.25, 0.3) is 0 Å². The lowest BCUT2D eigenvalue weighted by molar-refractivity contribution is -0.137. The Bertz CT molecular complexity index is 247. The maximum absolute atomic E-state index is 12.2. The standard InChI is InChI=1S/C12H24N2O2/c1-10(13(4)12(2,3)9-15)11(16)14-7-5-6-8-14/h10,15H,5-9H2,1-4H3. The van der Waals surface area contributed by atoms with Gasteiger partial charge in [-0.05, 0) is 40.7 Å². The fourth-order valence-electron chi connectivity index (χ4n) is 2.00. The smallest absolute Gasteiger partial charge is 0.239 e. The first kappa shape index (κ1) is 13.5. The van der Waals surface area contributed by atoms with Crippen LogP contribution in [0.25, 0.3) is 0 Å². The number of likely N-dealkylation sites (N-methyl/N-ethyl adjacent to an activating group) is 1. The molecule has 94 valence electrons. The maximum atomic E-state index is 12.2. The summed E-state index contributed by atoms with van der Waals surface area (Å²) in [6.45, 7) is 7.63. The molecule has 1 fully saturated rings.